The van der Waals surface area contributed by atoms with Gasteiger partial charge in [0.15, 0.2) is 11.5 Å². The fourth-order valence-corrected chi connectivity index (χ4v) is 3.64. The van der Waals surface area contributed by atoms with Crippen LogP contribution in [0.2, 0.25) is 0 Å². The van der Waals surface area contributed by atoms with Gasteiger partial charge in [0.25, 0.3) is 0 Å². The summed E-state index contributed by atoms with van der Waals surface area (Å²) in [6.07, 6.45) is 9.44. The van der Waals surface area contributed by atoms with Crippen LogP contribution in [0.4, 0.5) is 0 Å². The normalized spacial score (nSPS) is 17.5. The Bertz CT molecular complexity index is 618. The van der Waals surface area contributed by atoms with Crippen LogP contribution in [-0.4, -0.2) is 43.7 Å². The molecule has 1 aliphatic carbocycles. The van der Waals surface area contributed by atoms with Crippen molar-refractivity contribution in [2.45, 2.75) is 45.1 Å². The Hall–Kier alpha value is -2.17. The number of hydrogen-bond donors (Lipinski definition) is 0. The topological polar surface area (TPSA) is 48.0 Å². The summed E-state index contributed by atoms with van der Waals surface area (Å²) in [5.74, 6) is 2.00. The van der Waals surface area contributed by atoms with E-state index in [1.807, 2.05) is 30.0 Å². The quantitative estimate of drug-likeness (QED) is 0.764. The molecule has 0 N–H and O–H groups in total. The Kier molecular flexibility index (Phi) is 5.84. The predicted molar refractivity (Wildman–Crippen MR) is 97.3 cm³/mol. The van der Waals surface area contributed by atoms with E-state index in [9.17, 15) is 4.79 Å². The SMILES string of the molecule is CCN(C(=O)/C=C/c1cc(OC)c2c(c1)OCCO2)C1CCCCC1. The lowest BCUT2D eigenvalue weighted by Gasteiger charge is -2.32. The molecule has 0 bridgehead atoms. The maximum Gasteiger partial charge on any atom is 0.246 e. The lowest BCUT2D eigenvalue weighted by molar-refractivity contribution is -0.128. The largest absolute Gasteiger partial charge is 0.493 e. The zero-order chi connectivity index (χ0) is 17.6. The molecule has 1 aliphatic heterocycles. The van der Waals surface area contributed by atoms with Gasteiger partial charge in [-0.1, -0.05) is 19.3 Å². The van der Waals surface area contributed by atoms with Crippen molar-refractivity contribution in [1.29, 1.82) is 0 Å². The molecule has 5 heteroatoms. The van der Waals surface area contributed by atoms with Gasteiger partial charge in [-0.05, 0) is 43.5 Å². The fraction of sp³-hybridized carbons (Fsp3) is 0.550. The smallest absolute Gasteiger partial charge is 0.246 e. The first-order valence-electron chi connectivity index (χ1n) is 9.19. The highest BCUT2D eigenvalue weighted by atomic mass is 16.6. The molecule has 0 radical (unpaired) electrons. The van der Waals surface area contributed by atoms with Crippen LogP contribution in [0.25, 0.3) is 6.08 Å². The van der Waals surface area contributed by atoms with Crippen molar-refractivity contribution in [2.75, 3.05) is 26.9 Å². The van der Waals surface area contributed by atoms with Crippen molar-refractivity contribution in [1.82, 2.24) is 4.90 Å². The van der Waals surface area contributed by atoms with Gasteiger partial charge in [0.05, 0.1) is 7.11 Å². The second kappa shape index (κ2) is 8.28. The highest BCUT2D eigenvalue weighted by molar-refractivity contribution is 5.92. The Balaban J connectivity index is 1.75. The number of nitrogens with zero attached hydrogens (tertiary/aromatic N) is 1. The Morgan fingerprint density at radius 3 is 2.72 bits per heavy atom. The lowest BCUT2D eigenvalue weighted by atomic mass is 9.94. The van der Waals surface area contributed by atoms with Gasteiger partial charge in [-0.2, -0.15) is 0 Å². The molecule has 1 aromatic carbocycles. The van der Waals surface area contributed by atoms with Gasteiger partial charge >= 0.3 is 0 Å². The summed E-state index contributed by atoms with van der Waals surface area (Å²) in [5, 5.41) is 0. The first kappa shape index (κ1) is 17.6. The monoisotopic (exact) mass is 345 g/mol. The molecule has 0 spiro atoms. The van der Waals surface area contributed by atoms with E-state index in [1.54, 1.807) is 13.2 Å². The summed E-state index contributed by atoms with van der Waals surface area (Å²) in [6, 6.07) is 4.14. The Morgan fingerprint density at radius 2 is 2.00 bits per heavy atom. The number of methoxy groups -OCH3 is 1. The molecule has 0 atom stereocenters. The summed E-state index contributed by atoms with van der Waals surface area (Å²) in [4.78, 5) is 14.6. The van der Waals surface area contributed by atoms with Crippen LogP contribution in [-0.2, 0) is 4.79 Å². The van der Waals surface area contributed by atoms with Crippen molar-refractivity contribution < 1.29 is 19.0 Å². The molecule has 0 aromatic heterocycles. The molecule has 25 heavy (non-hydrogen) atoms. The van der Waals surface area contributed by atoms with Crippen LogP contribution >= 0.6 is 0 Å². The average molecular weight is 345 g/mol. The van der Waals surface area contributed by atoms with Gasteiger partial charge in [0.1, 0.15) is 13.2 Å². The first-order chi connectivity index (χ1) is 12.2. The molecule has 1 fully saturated rings. The summed E-state index contributed by atoms with van der Waals surface area (Å²) in [5.41, 5.74) is 0.870. The molecule has 1 aromatic rings. The van der Waals surface area contributed by atoms with E-state index >= 15 is 0 Å². The maximum atomic E-state index is 12.6. The molecule has 2 aliphatic rings. The van der Waals surface area contributed by atoms with Gasteiger partial charge in [-0.3, -0.25) is 4.79 Å². The van der Waals surface area contributed by atoms with Crippen LogP contribution in [0.5, 0.6) is 17.2 Å². The zero-order valence-corrected chi connectivity index (χ0v) is 15.1. The molecular weight excluding hydrogens is 318 g/mol. The van der Waals surface area contributed by atoms with Crippen molar-refractivity contribution in [3.63, 3.8) is 0 Å². The zero-order valence-electron chi connectivity index (χ0n) is 15.1. The van der Waals surface area contributed by atoms with E-state index in [2.05, 4.69) is 0 Å². The minimum atomic E-state index is 0.0725. The second-order valence-electron chi connectivity index (χ2n) is 6.50. The molecule has 0 saturated heterocycles. The van der Waals surface area contributed by atoms with Crippen LogP contribution in [0.15, 0.2) is 18.2 Å². The molecule has 1 amide bonds. The number of likely N-dealkylation sites (N-methyl/N-ethyl adjacent to an activating group) is 1. The van der Waals surface area contributed by atoms with Crippen LogP contribution in [0.1, 0.15) is 44.6 Å². The number of benzene rings is 1. The molecular formula is C20H27NO4. The molecule has 1 saturated carbocycles. The first-order valence-corrected chi connectivity index (χ1v) is 9.19. The van der Waals surface area contributed by atoms with E-state index in [0.717, 1.165) is 24.9 Å². The fourth-order valence-electron chi connectivity index (χ4n) is 3.64. The van der Waals surface area contributed by atoms with Gasteiger partial charge in [-0.15, -0.1) is 0 Å². The minimum Gasteiger partial charge on any atom is -0.493 e. The summed E-state index contributed by atoms with van der Waals surface area (Å²) < 4.78 is 16.6. The van der Waals surface area contributed by atoms with E-state index in [0.29, 0.717) is 36.5 Å². The van der Waals surface area contributed by atoms with Crippen LogP contribution in [0.3, 0.4) is 0 Å². The van der Waals surface area contributed by atoms with Crippen LogP contribution in [0, 0.1) is 0 Å². The summed E-state index contributed by atoms with van der Waals surface area (Å²) in [7, 11) is 1.61. The van der Waals surface area contributed by atoms with Gasteiger partial charge in [0, 0.05) is 18.7 Å². The molecule has 5 nitrogen and oxygen atoms in total. The average Bonchev–Trinajstić information content (AvgIpc) is 2.67. The summed E-state index contributed by atoms with van der Waals surface area (Å²) >= 11 is 0. The third kappa shape index (κ3) is 4.09. The predicted octanol–water partition coefficient (Wildman–Crippen LogP) is 3.66. The number of amides is 1. The maximum absolute atomic E-state index is 12.6. The number of hydrogen-bond acceptors (Lipinski definition) is 4. The minimum absolute atomic E-state index is 0.0725. The number of carbonyl (C=O) groups excluding carboxylic acids is 1. The number of rotatable bonds is 5. The van der Waals surface area contributed by atoms with E-state index in [4.69, 9.17) is 14.2 Å². The second-order valence-corrected chi connectivity index (χ2v) is 6.50. The van der Waals surface area contributed by atoms with Gasteiger partial charge in [0.2, 0.25) is 11.7 Å². The standard InChI is InChI=1S/C20H27NO4/c1-3-21(16-7-5-4-6-8-16)19(22)10-9-15-13-17(23-2)20-18(14-15)24-11-12-25-20/h9-10,13-14,16H,3-8,11-12H2,1-2H3/b10-9+. The van der Waals surface area contributed by atoms with Crippen molar-refractivity contribution in [3.05, 3.63) is 23.8 Å². The third-order valence-corrected chi connectivity index (χ3v) is 4.91. The van der Waals surface area contributed by atoms with Gasteiger partial charge < -0.3 is 19.1 Å². The highest BCUT2D eigenvalue weighted by Crippen LogP contribution is 2.40. The molecule has 1 heterocycles. The third-order valence-electron chi connectivity index (χ3n) is 4.91. The van der Waals surface area contributed by atoms with Crippen molar-refractivity contribution >= 4 is 12.0 Å². The molecule has 3 rings (SSSR count). The van der Waals surface area contributed by atoms with Crippen molar-refractivity contribution in [3.8, 4) is 17.2 Å². The number of ether oxygens (including phenoxy) is 3. The van der Waals surface area contributed by atoms with Gasteiger partial charge in [-0.25, -0.2) is 0 Å². The number of carbonyl (C=O) groups is 1. The van der Waals surface area contributed by atoms with E-state index in [1.165, 1.54) is 19.3 Å². The van der Waals surface area contributed by atoms with Crippen LogP contribution < -0.4 is 14.2 Å². The highest BCUT2D eigenvalue weighted by Gasteiger charge is 2.23. The molecule has 0 unspecified atom stereocenters. The Labute approximate surface area is 149 Å². The van der Waals surface area contributed by atoms with E-state index < -0.39 is 0 Å². The van der Waals surface area contributed by atoms with E-state index in [-0.39, 0.29) is 5.91 Å². The lowest BCUT2D eigenvalue weighted by Crippen LogP contribution is -2.40. The Morgan fingerprint density at radius 1 is 1.24 bits per heavy atom. The summed E-state index contributed by atoms with van der Waals surface area (Å²) in [6.45, 7) is 3.84. The molecule has 136 valence electrons. The van der Waals surface area contributed by atoms with Crippen molar-refractivity contribution in [2.24, 2.45) is 0 Å². The number of fused-ring (bicyclic) bond motifs is 1.